The van der Waals surface area contributed by atoms with E-state index in [9.17, 15) is 4.79 Å². The van der Waals surface area contributed by atoms with E-state index in [1.165, 1.54) is 5.56 Å². The van der Waals surface area contributed by atoms with Crippen LogP contribution in [-0.2, 0) is 14.9 Å². The number of benzene rings is 1. The van der Waals surface area contributed by atoms with E-state index in [4.69, 9.17) is 22.1 Å². The van der Waals surface area contributed by atoms with Crippen LogP contribution in [0.1, 0.15) is 37.7 Å². The lowest BCUT2D eigenvalue weighted by atomic mass is 9.74. The van der Waals surface area contributed by atoms with Crippen LogP contribution in [0.5, 0.6) is 0 Å². The number of carbonyl (C=O) groups excluding carboxylic acids is 1. The molecule has 1 heterocycles. The largest absolute Gasteiger partial charge is 0.381 e. The molecule has 1 aliphatic carbocycles. The number of ether oxygens (including phenoxy) is 1. The van der Waals surface area contributed by atoms with Crippen LogP contribution in [0, 0.1) is 5.92 Å². The second-order valence-electron chi connectivity index (χ2n) is 6.89. The number of halogens is 1. The fraction of sp³-hybridized carbons (Fsp3) is 0.611. The number of nitrogens with one attached hydrogen (secondary N) is 1. The van der Waals surface area contributed by atoms with Crippen LogP contribution in [0.3, 0.4) is 0 Å². The summed E-state index contributed by atoms with van der Waals surface area (Å²) in [5.74, 6) is 0.215. The highest BCUT2D eigenvalue weighted by Gasteiger charge is 2.36. The zero-order valence-corrected chi connectivity index (χ0v) is 14.1. The van der Waals surface area contributed by atoms with Crippen molar-refractivity contribution in [1.29, 1.82) is 0 Å². The van der Waals surface area contributed by atoms with E-state index >= 15 is 0 Å². The highest BCUT2D eigenvalue weighted by Crippen LogP contribution is 2.35. The van der Waals surface area contributed by atoms with E-state index in [2.05, 4.69) is 11.4 Å². The lowest BCUT2D eigenvalue weighted by Gasteiger charge is -2.38. The number of rotatable bonds is 4. The summed E-state index contributed by atoms with van der Waals surface area (Å²) in [6.45, 7) is 2.08. The molecule has 2 fully saturated rings. The van der Waals surface area contributed by atoms with E-state index < -0.39 is 0 Å². The van der Waals surface area contributed by atoms with Gasteiger partial charge in [0.2, 0.25) is 5.91 Å². The topological polar surface area (TPSA) is 64.4 Å². The van der Waals surface area contributed by atoms with Gasteiger partial charge < -0.3 is 15.8 Å². The van der Waals surface area contributed by atoms with Gasteiger partial charge in [-0.15, -0.1) is 0 Å². The highest BCUT2D eigenvalue weighted by molar-refractivity contribution is 6.30. The van der Waals surface area contributed by atoms with Crippen LogP contribution in [0.4, 0.5) is 0 Å². The van der Waals surface area contributed by atoms with Gasteiger partial charge in [0.1, 0.15) is 0 Å². The third-order valence-electron chi connectivity index (χ3n) is 5.33. The van der Waals surface area contributed by atoms with Crippen LogP contribution >= 0.6 is 11.6 Å². The molecular weight excluding hydrogens is 312 g/mol. The Hall–Kier alpha value is -1.10. The normalized spacial score (nSPS) is 26.9. The molecule has 5 heteroatoms. The summed E-state index contributed by atoms with van der Waals surface area (Å²) in [5.41, 5.74) is 7.03. The maximum atomic E-state index is 12.5. The quantitative estimate of drug-likeness (QED) is 0.888. The minimum Gasteiger partial charge on any atom is -0.381 e. The molecule has 23 heavy (non-hydrogen) atoms. The maximum Gasteiger partial charge on any atom is 0.223 e. The first-order valence-corrected chi connectivity index (χ1v) is 8.84. The summed E-state index contributed by atoms with van der Waals surface area (Å²) in [5, 5.41) is 3.92. The first-order valence-electron chi connectivity index (χ1n) is 8.46. The Morgan fingerprint density at radius 3 is 2.78 bits per heavy atom. The van der Waals surface area contributed by atoms with Crippen molar-refractivity contribution in [3.05, 3.63) is 34.9 Å². The van der Waals surface area contributed by atoms with Gasteiger partial charge in [0.05, 0.1) is 0 Å². The summed E-state index contributed by atoms with van der Waals surface area (Å²) in [7, 11) is 0. The minimum absolute atomic E-state index is 0.0706. The first kappa shape index (κ1) is 16.7. The molecule has 3 N–H and O–H groups in total. The van der Waals surface area contributed by atoms with Crippen LogP contribution in [0.25, 0.3) is 0 Å². The van der Waals surface area contributed by atoms with Gasteiger partial charge >= 0.3 is 0 Å². The number of hydrogen-bond acceptors (Lipinski definition) is 3. The molecule has 0 radical (unpaired) electrons. The fourth-order valence-electron chi connectivity index (χ4n) is 3.80. The smallest absolute Gasteiger partial charge is 0.223 e. The van der Waals surface area contributed by atoms with Gasteiger partial charge in [-0.05, 0) is 49.8 Å². The molecule has 126 valence electrons. The molecule has 0 bridgehead atoms. The number of amides is 1. The Kier molecular flexibility index (Phi) is 5.24. The molecule has 4 nitrogen and oxygen atoms in total. The highest BCUT2D eigenvalue weighted by atomic mass is 35.5. The third-order valence-corrected chi connectivity index (χ3v) is 5.57. The Morgan fingerprint density at radius 2 is 2.13 bits per heavy atom. The predicted molar refractivity (Wildman–Crippen MR) is 91.5 cm³/mol. The van der Waals surface area contributed by atoms with Gasteiger partial charge in [-0.2, -0.15) is 0 Å². The van der Waals surface area contributed by atoms with Crippen molar-refractivity contribution in [2.75, 3.05) is 19.8 Å². The summed E-state index contributed by atoms with van der Waals surface area (Å²) >= 11 is 6.18. The lowest BCUT2D eigenvalue weighted by molar-refractivity contribution is -0.125. The van der Waals surface area contributed by atoms with Crippen molar-refractivity contribution in [3.63, 3.8) is 0 Å². The standard InChI is InChI=1S/C18H25ClN2O2/c19-15-3-1-2-14(11-15)18(6-8-23-9-7-18)12-21-17(22)13-4-5-16(20)10-13/h1-3,11,13,16H,4-10,12,20H2,(H,21,22). The number of nitrogens with two attached hydrogens (primary N) is 1. The number of carbonyl (C=O) groups is 1. The first-order chi connectivity index (χ1) is 11.1. The van der Waals surface area contributed by atoms with Crippen molar-refractivity contribution in [1.82, 2.24) is 5.32 Å². The van der Waals surface area contributed by atoms with Crippen molar-refractivity contribution in [3.8, 4) is 0 Å². The van der Waals surface area contributed by atoms with Crippen molar-refractivity contribution in [2.24, 2.45) is 11.7 Å². The number of hydrogen-bond donors (Lipinski definition) is 2. The van der Waals surface area contributed by atoms with E-state index in [0.29, 0.717) is 6.54 Å². The van der Waals surface area contributed by atoms with E-state index in [1.54, 1.807) is 0 Å². The Morgan fingerprint density at radius 1 is 1.35 bits per heavy atom. The van der Waals surface area contributed by atoms with Gasteiger partial charge in [-0.25, -0.2) is 0 Å². The molecule has 1 aliphatic heterocycles. The second kappa shape index (κ2) is 7.20. The summed E-state index contributed by atoms with van der Waals surface area (Å²) < 4.78 is 5.53. The fourth-order valence-corrected chi connectivity index (χ4v) is 3.99. The Labute approximate surface area is 142 Å². The molecule has 1 aromatic carbocycles. The molecule has 3 rings (SSSR count). The molecule has 2 aliphatic rings. The minimum atomic E-state index is -0.0838. The maximum absolute atomic E-state index is 12.5. The van der Waals surface area contributed by atoms with E-state index in [-0.39, 0.29) is 23.3 Å². The molecule has 0 spiro atoms. The molecule has 2 unspecified atom stereocenters. The monoisotopic (exact) mass is 336 g/mol. The molecular formula is C18H25ClN2O2. The molecule has 1 amide bonds. The summed E-state index contributed by atoms with van der Waals surface area (Å²) in [6, 6.07) is 8.17. The Bertz CT molecular complexity index is 558. The van der Waals surface area contributed by atoms with Gasteiger partial charge in [0.15, 0.2) is 0 Å². The van der Waals surface area contributed by atoms with Gasteiger partial charge in [0, 0.05) is 42.2 Å². The molecule has 2 atom stereocenters. The average Bonchev–Trinajstić information content (AvgIpc) is 3.00. The second-order valence-corrected chi connectivity index (χ2v) is 7.33. The summed E-state index contributed by atoms with van der Waals surface area (Å²) in [6.07, 6.45) is 4.46. The van der Waals surface area contributed by atoms with Gasteiger partial charge in [-0.3, -0.25) is 4.79 Å². The molecule has 0 aromatic heterocycles. The van der Waals surface area contributed by atoms with Crippen LogP contribution in [-0.4, -0.2) is 31.7 Å². The average molecular weight is 337 g/mol. The van der Waals surface area contributed by atoms with Crippen molar-refractivity contribution in [2.45, 2.75) is 43.6 Å². The van der Waals surface area contributed by atoms with Gasteiger partial charge in [0.25, 0.3) is 0 Å². The van der Waals surface area contributed by atoms with Crippen LogP contribution in [0.15, 0.2) is 24.3 Å². The molecule has 1 saturated heterocycles. The molecule has 1 aromatic rings. The lowest BCUT2D eigenvalue weighted by Crippen LogP contribution is -2.46. The van der Waals surface area contributed by atoms with Crippen molar-refractivity contribution >= 4 is 17.5 Å². The van der Waals surface area contributed by atoms with Crippen molar-refractivity contribution < 1.29 is 9.53 Å². The zero-order chi connectivity index (χ0) is 16.3. The van der Waals surface area contributed by atoms with Crippen LogP contribution in [0.2, 0.25) is 5.02 Å². The van der Waals surface area contributed by atoms with Gasteiger partial charge in [-0.1, -0.05) is 23.7 Å². The Balaban J connectivity index is 1.71. The SMILES string of the molecule is NC1CCC(C(=O)NCC2(c3cccc(Cl)c3)CCOCC2)C1. The van der Waals surface area contributed by atoms with E-state index in [1.807, 2.05) is 18.2 Å². The van der Waals surface area contributed by atoms with Crippen LogP contribution < -0.4 is 11.1 Å². The predicted octanol–water partition coefficient (Wildman–Crippen LogP) is 2.63. The zero-order valence-electron chi connectivity index (χ0n) is 13.4. The summed E-state index contributed by atoms with van der Waals surface area (Å²) in [4.78, 5) is 12.5. The third kappa shape index (κ3) is 3.87. The molecule has 1 saturated carbocycles. The van der Waals surface area contributed by atoms with E-state index in [0.717, 1.165) is 50.3 Å².